The van der Waals surface area contributed by atoms with Crippen LogP contribution >= 0.6 is 0 Å². The van der Waals surface area contributed by atoms with Crippen molar-refractivity contribution in [1.82, 2.24) is 5.31 Å². The van der Waals surface area contributed by atoms with Gasteiger partial charge in [-0.2, -0.15) is 0 Å². The van der Waals surface area contributed by atoms with Crippen LogP contribution in [-0.4, -0.2) is 6.17 Å². The number of rotatable bonds is 3. The Morgan fingerprint density at radius 2 is 1.56 bits per heavy atom. The number of allylic oxidation sites excluding steroid dienone is 2. The van der Waals surface area contributed by atoms with Crippen molar-refractivity contribution in [3.05, 3.63) is 41.2 Å². The molecule has 136 valence electrons. The molecule has 1 unspecified atom stereocenters. The molecule has 4 rings (SSSR count). The zero-order valence-electron chi connectivity index (χ0n) is 17.0. The van der Waals surface area contributed by atoms with Gasteiger partial charge in [0.05, 0.1) is 0 Å². The van der Waals surface area contributed by atoms with Crippen LogP contribution in [-0.2, 0) is 0 Å². The normalized spacial score (nSPS) is 27.1. The molecule has 25 heavy (non-hydrogen) atoms. The van der Waals surface area contributed by atoms with Crippen molar-refractivity contribution < 1.29 is 1.41 Å². The van der Waals surface area contributed by atoms with E-state index in [-0.39, 0.29) is 6.17 Å². The maximum absolute atomic E-state index is 9.13. The Bertz CT molecular complexity index is 656. The standard InChI is InChI=1S/C23H34N2/c1-17-11-9-10-16-21(17)25-18(2)22(19-12-5-3-6-13-19)24-23(25)20-14-7-4-8-15-20/h9-11,16,19-20,23-24H,3-8,12-15H2,1-2H3/i/hD. The second kappa shape index (κ2) is 7.43. The summed E-state index contributed by atoms with van der Waals surface area (Å²) >= 11 is 0. The predicted molar refractivity (Wildman–Crippen MR) is 106 cm³/mol. The Hall–Kier alpha value is -1.44. The Morgan fingerprint density at radius 1 is 0.920 bits per heavy atom. The van der Waals surface area contributed by atoms with E-state index in [2.05, 4.69) is 43.0 Å². The third-order valence-corrected chi connectivity index (χ3v) is 6.71. The lowest BCUT2D eigenvalue weighted by atomic mass is 9.85. The molecule has 1 aromatic rings. The summed E-state index contributed by atoms with van der Waals surface area (Å²) in [4.78, 5) is 2.53. The van der Waals surface area contributed by atoms with Gasteiger partial charge in [-0.3, -0.25) is 0 Å². The van der Waals surface area contributed by atoms with Gasteiger partial charge < -0.3 is 10.2 Å². The number of anilines is 1. The van der Waals surface area contributed by atoms with Crippen LogP contribution in [0.5, 0.6) is 0 Å². The largest absolute Gasteiger partial charge is 0.366 e. The molecule has 1 aliphatic heterocycles. The van der Waals surface area contributed by atoms with Crippen molar-refractivity contribution in [2.45, 2.75) is 84.2 Å². The molecule has 0 bridgehead atoms. The monoisotopic (exact) mass is 339 g/mol. The Labute approximate surface area is 155 Å². The molecule has 2 aliphatic carbocycles. The van der Waals surface area contributed by atoms with Crippen LogP contribution in [0.15, 0.2) is 35.7 Å². The minimum atomic E-state index is 0.188. The summed E-state index contributed by atoms with van der Waals surface area (Å²) in [5.41, 5.74) is 5.30. The molecular weight excluding hydrogens is 304 g/mol. The van der Waals surface area contributed by atoms with Crippen LogP contribution < -0.4 is 10.2 Å². The Kier molecular flexibility index (Phi) is 4.69. The maximum atomic E-state index is 9.13. The third-order valence-electron chi connectivity index (χ3n) is 6.71. The zero-order valence-corrected chi connectivity index (χ0v) is 16.0. The van der Waals surface area contributed by atoms with Gasteiger partial charge in [-0.25, -0.2) is 0 Å². The molecule has 1 heterocycles. The number of para-hydroxylation sites is 1. The average molecular weight is 340 g/mol. The fourth-order valence-corrected chi connectivity index (χ4v) is 5.30. The quantitative estimate of drug-likeness (QED) is 0.713. The van der Waals surface area contributed by atoms with E-state index in [1.165, 1.54) is 86.9 Å². The van der Waals surface area contributed by atoms with Gasteiger partial charge in [-0.05, 0) is 57.1 Å². The first-order chi connectivity index (χ1) is 12.7. The van der Waals surface area contributed by atoms with E-state index >= 15 is 0 Å². The number of benzene rings is 1. The van der Waals surface area contributed by atoms with Crippen molar-refractivity contribution in [2.24, 2.45) is 11.8 Å². The summed E-state index contributed by atoms with van der Waals surface area (Å²) in [7, 11) is 0. The van der Waals surface area contributed by atoms with E-state index in [9.17, 15) is 0 Å². The Balaban J connectivity index is 1.74. The molecule has 2 fully saturated rings. The molecule has 1 aromatic carbocycles. The molecule has 3 aliphatic rings. The average Bonchev–Trinajstić information content (AvgIpc) is 2.94. The second-order valence-corrected chi connectivity index (χ2v) is 8.40. The van der Waals surface area contributed by atoms with Gasteiger partial charge >= 0.3 is 0 Å². The molecule has 0 amide bonds. The number of hydrogen-bond acceptors (Lipinski definition) is 2. The van der Waals surface area contributed by atoms with Crippen LogP contribution in [0.25, 0.3) is 0 Å². The van der Waals surface area contributed by atoms with Gasteiger partial charge in [0.25, 0.3) is 0 Å². The summed E-state index contributed by atoms with van der Waals surface area (Å²) < 4.78 is 9.13. The van der Waals surface area contributed by atoms with Crippen LogP contribution in [0, 0.1) is 18.8 Å². The first-order valence-corrected chi connectivity index (χ1v) is 10.5. The minimum absolute atomic E-state index is 0.188. The van der Waals surface area contributed by atoms with Crippen LogP contribution in [0.4, 0.5) is 5.69 Å². The lowest BCUT2D eigenvalue weighted by molar-refractivity contribution is 0.281. The summed E-state index contributed by atoms with van der Waals surface area (Å²) in [6, 6.07) is 8.75. The van der Waals surface area contributed by atoms with Crippen LogP contribution in [0.1, 0.15) is 76.7 Å². The van der Waals surface area contributed by atoms with Crippen molar-refractivity contribution >= 4 is 5.69 Å². The molecular formula is C23H34N2. The summed E-state index contributed by atoms with van der Waals surface area (Å²) in [5.74, 6) is 1.19. The molecule has 1 atom stereocenters. The number of nitrogens with one attached hydrogen (secondary N) is 1. The van der Waals surface area contributed by atoms with E-state index < -0.39 is 0 Å². The highest BCUT2D eigenvalue weighted by Gasteiger charge is 2.38. The maximum Gasteiger partial charge on any atom is 0.162 e. The van der Waals surface area contributed by atoms with Gasteiger partial charge in [0, 0.05) is 23.0 Å². The first-order valence-electron chi connectivity index (χ1n) is 11.0. The minimum Gasteiger partial charge on any atom is -0.366 e. The van der Waals surface area contributed by atoms with Crippen molar-refractivity contribution in [3.8, 4) is 0 Å². The van der Waals surface area contributed by atoms with Crippen molar-refractivity contribution in [1.29, 1.82) is 0 Å². The second-order valence-electron chi connectivity index (χ2n) is 8.40. The summed E-state index contributed by atoms with van der Waals surface area (Å²) in [6.07, 6.45) is 13.3. The van der Waals surface area contributed by atoms with E-state index in [0.29, 0.717) is 11.8 Å². The highest BCUT2D eigenvalue weighted by atomic mass is 15.3. The van der Waals surface area contributed by atoms with Crippen molar-refractivity contribution in [3.63, 3.8) is 0 Å². The molecule has 0 spiro atoms. The molecule has 2 nitrogen and oxygen atoms in total. The summed E-state index contributed by atoms with van der Waals surface area (Å²) in [6.45, 7) is 4.49. The highest BCUT2D eigenvalue weighted by molar-refractivity contribution is 5.60. The van der Waals surface area contributed by atoms with Gasteiger partial charge in [0.2, 0.25) is 0 Å². The van der Waals surface area contributed by atoms with Gasteiger partial charge in [0.15, 0.2) is 1.41 Å². The van der Waals surface area contributed by atoms with Gasteiger partial charge in [-0.15, -0.1) is 0 Å². The van der Waals surface area contributed by atoms with Gasteiger partial charge in [-0.1, -0.05) is 56.7 Å². The predicted octanol–water partition coefficient (Wildman–Crippen LogP) is 6.12. The lowest BCUT2D eigenvalue weighted by Crippen LogP contribution is -2.45. The molecule has 0 saturated heterocycles. The van der Waals surface area contributed by atoms with E-state index in [4.69, 9.17) is 1.41 Å². The highest BCUT2D eigenvalue weighted by Crippen LogP contribution is 2.41. The van der Waals surface area contributed by atoms with E-state index in [1.807, 2.05) is 5.31 Å². The lowest BCUT2D eigenvalue weighted by Gasteiger charge is -2.37. The van der Waals surface area contributed by atoms with Gasteiger partial charge in [0.1, 0.15) is 6.17 Å². The smallest absolute Gasteiger partial charge is 0.162 e. The topological polar surface area (TPSA) is 15.3 Å². The van der Waals surface area contributed by atoms with E-state index in [0.717, 1.165) is 0 Å². The molecule has 0 radical (unpaired) electrons. The number of hydrogen-bond donors (Lipinski definition) is 1. The summed E-state index contributed by atoms with van der Waals surface area (Å²) in [5, 5.41) is 1.95. The third kappa shape index (κ3) is 3.32. The van der Waals surface area contributed by atoms with Crippen LogP contribution in [0.2, 0.25) is 1.41 Å². The molecule has 2 saturated carbocycles. The SMILES string of the molecule is [2H]N1C(C2CCCCC2)=C(C)N(c2ccccc2C)C1C1CCCCC1. The zero-order chi connectivity index (χ0) is 18.1. The fraction of sp³-hybridized carbons (Fsp3) is 0.652. The number of aryl methyl sites for hydroxylation is 1. The molecule has 2 heteroatoms. The molecule has 1 N–H and O–H groups in total. The Morgan fingerprint density at radius 3 is 2.24 bits per heavy atom. The van der Waals surface area contributed by atoms with E-state index in [1.54, 1.807) is 0 Å². The van der Waals surface area contributed by atoms with Crippen molar-refractivity contribution in [2.75, 3.05) is 4.90 Å². The number of nitrogens with zero attached hydrogens (tertiary/aromatic N) is 1. The van der Waals surface area contributed by atoms with Crippen LogP contribution in [0.3, 0.4) is 0 Å². The fourth-order valence-electron chi connectivity index (χ4n) is 5.30. The molecule has 0 aromatic heterocycles. The first kappa shape index (κ1) is 15.8.